The van der Waals surface area contributed by atoms with E-state index in [1.54, 1.807) is 13.8 Å². The fourth-order valence-electron chi connectivity index (χ4n) is 7.68. The Kier molecular flexibility index (Phi) is 12.4. The van der Waals surface area contributed by atoms with Crippen molar-refractivity contribution in [3.8, 4) is 23.2 Å². The molecule has 3 saturated heterocycles. The molecule has 0 aliphatic carbocycles. The highest BCUT2D eigenvalue weighted by molar-refractivity contribution is 8.00. The number of anilines is 1. The van der Waals surface area contributed by atoms with Crippen LogP contribution in [0.15, 0.2) is 33.8 Å². The average Bonchev–Trinajstić information content (AvgIpc) is 3.99. The van der Waals surface area contributed by atoms with Crippen LogP contribution in [0.3, 0.4) is 0 Å². The molecule has 4 aromatic rings. The lowest BCUT2D eigenvalue weighted by Crippen LogP contribution is -2.33. The van der Waals surface area contributed by atoms with Crippen LogP contribution < -0.4 is 15.8 Å². The summed E-state index contributed by atoms with van der Waals surface area (Å²) in [7, 11) is 1.24. The molecule has 300 valence electrons. The number of hydrogen-bond acceptors (Lipinski definition) is 11. The number of carbonyl (C=O) groups is 1. The normalized spacial score (nSPS) is 22.8. The minimum atomic E-state index is -4.98. The van der Waals surface area contributed by atoms with Crippen LogP contribution in [0.2, 0.25) is 0 Å². The average molecular weight is 805 g/mol. The quantitative estimate of drug-likeness (QED) is 0.190. The van der Waals surface area contributed by atoms with Crippen molar-refractivity contribution in [3.63, 3.8) is 0 Å². The van der Waals surface area contributed by atoms with E-state index in [9.17, 15) is 32.0 Å². The number of alkyl halides is 4. The third kappa shape index (κ3) is 8.25. The van der Waals surface area contributed by atoms with Crippen molar-refractivity contribution in [2.45, 2.75) is 93.5 Å². The number of thioether (sulfide) groups is 1. The fraction of sp³-hybridized carbons (Fsp3) is 0.500. The molecule has 5 atom stereocenters. The third-order valence-corrected chi connectivity index (χ3v) is 11.5. The maximum absolute atomic E-state index is 15.9. The lowest BCUT2D eigenvalue weighted by Gasteiger charge is -2.20. The maximum Gasteiger partial charge on any atom is 0.417 e. The maximum atomic E-state index is 15.9. The number of rotatable bonds is 5. The van der Waals surface area contributed by atoms with Crippen LogP contribution in [0.5, 0.6) is 6.01 Å². The van der Waals surface area contributed by atoms with Gasteiger partial charge in [-0.25, -0.2) is 18.2 Å². The van der Waals surface area contributed by atoms with E-state index in [1.165, 1.54) is 26.2 Å². The number of aromatic nitrogens is 3. The predicted octanol–water partition coefficient (Wildman–Crippen LogP) is 7.83. The number of aryl methyl sites for hydroxylation is 1. The standard InChI is InChI=1S/C21H16F5N5OS.C10H14N2O2.C7H12FN/c1-3-29-19-9-6-11(21(24,25)26)14(15(23)16(9)30-20(31-19)32-2)8-4-5-12(22)17-13(8)10(7-27)18(28)33-17;1-7-4-3-5-12(7)10(13)9-6-14-8(2)11-9;8-6-4-7-2-1-3-9(7)5-6/h4-6,10,18H,3,28H2,1-2H3,(H,29,30,31);6-7H,3-5H2,1-2H3;6-7H,1-5H2. The van der Waals surface area contributed by atoms with E-state index in [-0.39, 0.29) is 39.1 Å². The van der Waals surface area contributed by atoms with Crippen LogP contribution in [0, 0.1) is 29.9 Å². The largest absolute Gasteiger partial charge is 0.467 e. The fourth-order valence-corrected chi connectivity index (χ4v) is 8.83. The molecule has 6 heterocycles. The van der Waals surface area contributed by atoms with Gasteiger partial charge in [-0.1, -0.05) is 6.07 Å². The summed E-state index contributed by atoms with van der Waals surface area (Å²) in [6, 6.07) is 5.29. The highest BCUT2D eigenvalue weighted by atomic mass is 32.2. The van der Waals surface area contributed by atoms with Gasteiger partial charge in [-0.2, -0.15) is 28.4 Å². The Bertz CT molecular complexity index is 2120. The Labute approximate surface area is 324 Å². The molecular weight excluding hydrogens is 763 g/mol. The van der Waals surface area contributed by atoms with Crippen LogP contribution in [0.25, 0.3) is 22.0 Å². The molecule has 0 spiro atoms. The molecule has 56 heavy (non-hydrogen) atoms. The van der Waals surface area contributed by atoms with Crippen molar-refractivity contribution in [2.75, 3.05) is 38.6 Å². The van der Waals surface area contributed by atoms with E-state index in [4.69, 9.17) is 14.9 Å². The van der Waals surface area contributed by atoms with Crippen LogP contribution in [-0.2, 0) is 6.18 Å². The molecule has 4 aliphatic rings. The summed E-state index contributed by atoms with van der Waals surface area (Å²) in [6.45, 7) is 8.49. The second-order valence-corrected chi connectivity index (χ2v) is 15.2. The molecule has 4 aliphatic heterocycles. The summed E-state index contributed by atoms with van der Waals surface area (Å²) in [5.41, 5.74) is 3.42. The SMILES string of the molecule is CCNc1nc(OC)nc2c(F)c(-c3ccc(F)c4c3C(C#N)C(N)S4)c(C(F)(F)F)cc12.Cc1nc(C(=O)N2CCCC2C)co1.FC1CC2CCCN2C1. The number of nitrogens with two attached hydrogens (primary N) is 1. The van der Waals surface area contributed by atoms with Gasteiger partial charge in [-0.15, -0.1) is 11.8 Å². The lowest BCUT2D eigenvalue weighted by molar-refractivity contribution is -0.137. The third-order valence-electron chi connectivity index (χ3n) is 10.3. The number of benzene rings is 2. The van der Waals surface area contributed by atoms with E-state index in [0.29, 0.717) is 36.8 Å². The summed E-state index contributed by atoms with van der Waals surface area (Å²) in [6.07, 6.45) is 1.44. The van der Waals surface area contributed by atoms with Crippen LogP contribution >= 0.6 is 11.8 Å². The molecule has 11 nitrogen and oxygen atoms in total. The minimum Gasteiger partial charge on any atom is -0.467 e. The molecule has 3 fully saturated rings. The van der Waals surface area contributed by atoms with E-state index in [1.807, 2.05) is 11.0 Å². The van der Waals surface area contributed by atoms with Gasteiger partial charge < -0.3 is 25.1 Å². The number of hydrogen-bond donors (Lipinski definition) is 2. The molecule has 0 saturated carbocycles. The number of oxazole rings is 1. The molecule has 2 aromatic carbocycles. The topological polar surface area (TPSA) is 146 Å². The van der Waals surface area contributed by atoms with Crippen molar-refractivity contribution in [1.82, 2.24) is 24.8 Å². The molecule has 0 bridgehead atoms. The number of methoxy groups -OCH3 is 1. The first-order valence-corrected chi connectivity index (χ1v) is 19.2. The summed E-state index contributed by atoms with van der Waals surface area (Å²) in [5, 5.41) is 11.2. The van der Waals surface area contributed by atoms with Gasteiger partial charge in [0.05, 0.1) is 30.0 Å². The molecule has 8 rings (SSSR count). The monoisotopic (exact) mass is 804 g/mol. The van der Waals surface area contributed by atoms with Gasteiger partial charge in [-0.05, 0) is 75.8 Å². The van der Waals surface area contributed by atoms with Gasteiger partial charge >= 0.3 is 12.2 Å². The zero-order chi connectivity index (χ0) is 40.5. The number of nitrogens with zero attached hydrogens (tertiary/aromatic N) is 6. The first kappa shape index (κ1) is 41.0. The Hall–Kier alpha value is -4.60. The van der Waals surface area contributed by atoms with Crippen LogP contribution in [-0.4, -0.2) is 87.6 Å². The molecule has 5 unspecified atom stereocenters. The van der Waals surface area contributed by atoms with E-state index in [0.717, 1.165) is 62.3 Å². The van der Waals surface area contributed by atoms with Crippen LogP contribution in [0.1, 0.15) is 79.4 Å². The number of likely N-dealkylation sites (tertiary alicyclic amines) is 1. The van der Waals surface area contributed by atoms with Crippen molar-refractivity contribution >= 4 is 34.4 Å². The van der Waals surface area contributed by atoms with Gasteiger partial charge in [0.1, 0.15) is 29.6 Å². The number of nitriles is 1. The summed E-state index contributed by atoms with van der Waals surface area (Å²) < 4.78 is 95.5. The summed E-state index contributed by atoms with van der Waals surface area (Å²) >= 11 is 0.818. The van der Waals surface area contributed by atoms with Gasteiger partial charge in [0.2, 0.25) is 0 Å². The smallest absolute Gasteiger partial charge is 0.417 e. The first-order chi connectivity index (χ1) is 26.7. The molecule has 1 amide bonds. The number of fused-ring (bicyclic) bond motifs is 3. The molecule has 2 aromatic heterocycles. The molecular formula is C38H42F6N8O3S. The predicted molar refractivity (Wildman–Crippen MR) is 198 cm³/mol. The van der Waals surface area contributed by atoms with Crippen molar-refractivity contribution in [2.24, 2.45) is 5.73 Å². The van der Waals surface area contributed by atoms with Crippen LogP contribution in [0.4, 0.5) is 32.2 Å². The number of amides is 1. The second-order valence-electron chi connectivity index (χ2n) is 14.0. The van der Waals surface area contributed by atoms with Crippen molar-refractivity contribution in [3.05, 3.63) is 58.8 Å². The number of carbonyl (C=O) groups excluding carboxylic acids is 1. The van der Waals surface area contributed by atoms with Gasteiger partial charge in [0.15, 0.2) is 17.4 Å². The second kappa shape index (κ2) is 16.9. The molecule has 0 radical (unpaired) electrons. The molecule has 3 N–H and O–H groups in total. The zero-order valence-electron chi connectivity index (χ0n) is 31.2. The summed E-state index contributed by atoms with van der Waals surface area (Å²) in [4.78, 5) is 27.9. The zero-order valence-corrected chi connectivity index (χ0v) is 32.0. The van der Waals surface area contributed by atoms with E-state index in [2.05, 4.69) is 32.1 Å². The lowest BCUT2D eigenvalue weighted by atomic mass is 9.87. The van der Waals surface area contributed by atoms with Gasteiger partial charge in [0.25, 0.3) is 5.91 Å². The highest BCUT2D eigenvalue weighted by Gasteiger charge is 2.42. The first-order valence-electron chi connectivity index (χ1n) is 18.3. The van der Waals surface area contributed by atoms with Crippen molar-refractivity contribution < 1.29 is 40.3 Å². The van der Waals surface area contributed by atoms with Crippen molar-refractivity contribution in [1.29, 1.82) is 5.26 Å². The highest BCUT2D eigenvalue weighted by Crippen LogP contribution is 2.51. The molecule has 18 heteroatoms. The minimum absolute atomic E-state index is 0.00755. The Morgan fingerprint density at radius 1 is 1.18 bits per heavy atom. The number of halogens is 6. The Morgan fingerprint density at radius 3 is 2.54 bits per heavy atom. The van der Waals surface area contributed by atoms with Gasteiger partial charge in [-0.3, -0.25) is 9.69 Å². The Balaban J connectivity index is 0.000000186. The Morgan fingerprint density at radius 2 is 1.93 bits per heavy atom. The van der Waals surface area contributed by atoms with Gasteiger partial charge in [0, 0.05) is 54.5 Å². The summed E-state index contributed by atoms with van der Waals surface area (Å²) in [5.74, 6) is -2.68. The number of nitrogens with one attached hydrogen (secondary N) is 1. The number of ether oxygens (including phenoxy) is 1. The van der Waals surface area contributed by atoms with E-state index >= 15 is 4.39 Å². The van der Waals surface area contributed by atoms with E-state index < -0.39 is 51.9 Å².